The molecule has 0 saturated heterocycles. The van der Waals surface area contributed by atoms with Gasteiger partial charge in [-0.05, 0) is 49.6 Å². The molecule has 25 heavy (non-hydrogen) atoms. The summed E-state index contributed by atoms with van der Waals surface area (Å²) < 4.78 is 5.77. The zero-order valence-electron chi connectivity index (χ0n) is 15.9. The molecule has 2 aromatic carbocycles. The summed E-state index contributed by atoms with van der Waals surface area (Å²) in [6.45, 7) is 8.01. The average Bonchev–Trinajstić information content (AvgIpc) is 2.62. The quantitative estimate of drug-likeness (QED) is 0.720. The van der Waals surface area contributed by atoms with Gasteiger partial charge in [0.25, 0.3) is 0 Å². The van der Waals surface area contributed by atoms with E-state index in [1.54, 1.807) is 0 Å². The largest absolute Gasteiger partial charge is 0.494 e. The van der Waals surface area contributed by atoms with Crippen molar-refractivity contribution in [1.29, 1.82) is 0 Å². The van der Waals surface area contributed by atoms with Crippen LogP contribution in [-0.2, 0) is 6.54 Å². The number of nitrogens with zero attached hydrogens (tertiary/aromatic N) is 1. The van der Waals surface area contributed by atoms with Crippen LogP contribution in [0.25, 0.3) is 0 Å². The first-order valence-corrected chi connectivity index (χ1v) is 9.12. The molecule has 0 heterocycles. The molecule has 0 radical (unpaired) electrons. The third-order valence-corrected chi connectivity index (χ3v) is 4.61. The van der Waals surface area contributed by atoms with Crippen LogP contribution in [0.4, 0.5) is 0 Å². The molecule has 3 heteroatoms. The van der Waals surface area contributed by atoms with E-state index in [1.807, 2.05) is 49.5 Å². The van der Waals surface area contributed by atoms with Crippen LogP contribution in [0.15, 0.2) is 54.6 Å². The number of hydrogen-bond acceptors (Lipinski definition) is 3. The van der Waals surface area contributed by atoms with Crippen LogP contribution in [0.1, 0.15) is 44.4 Å². The van der Waals surface area contributed by atoms with Crippen molar-refractivity contribution in [3.8, 4) is 5.75 Å². The summed E-state index contributed by atoms with van der Waals surface area (Å²) in [6.07, 6.45) is 0.573. The molecule has 3 nitrogen and oxygen atoms in total. The Balaban J connectivity index is 1.88. The van der Waals surface area contributed by atoms with Gasteiger partial charge >= 0.3 is 0 Å². The van der Waals surface area contributed by atoms with Crippen LogP contribution in [0.2, 0.25) is 0 Å². The first-order valence-electron chi connectivity index (χ1n) is 9.12. The van der Waals surface area contributed by atoms with Crippen LogP contribution in [0, 0.1) is 5.92 Å². The summed E-state index contributed by atoms with van der Waals surface area (Å²) in [5.41, 5.74) is 2.17. The molecular formula is C22H31NO2. The Morgan fingerprint density at radius 1 is 0.960 bits per heavy atom. The second kappa shape index (κ2) is 9.59. The lowest BCUT2D eigenvalue weighted by molar-refractivity contribution is 0.0688. The van der Waals surface area contributed by atoms with Gasteiger partial charge in [-0.3, -0.25) is 4.90 Å². The fourth-order valence-electron chi connectivity index (χ4n) is 2.71. The summed E-state index contributed by atoms with van der Waals surface area (Å²) in [7, 11) is 2.05. The molecule has 0 aliphatic heterocycles. The standard InChI is InChI=1S/C22H31NO2/c1-17(2)14-15-25-21-12-10-19(11-13-21)16-23(4)18(3)22(24)20-8-6-5-7-9-20/h5-13,17-18,22,24H,14-16H2,1-4H3. The summed E-state index contributed by atoms with van der Waals surface area (Å²) in [4.78, 5) is 2.17. The smallest absolute Gasteiger partial charge is 0.119 e. The highest BCUT2D eigenvalue weighted by Crippen LogP contribution is 2.22. The summed E-state index contributed by atoms with van der Waals surface area (Å²) in [5, 5.41) is 10.6. The van der Waals surface area contributed by atoms with Gasteiger partial charge in [0.05, 0.1) is 12.7 Å². The predicted octanol–water partition coefficient (Wildman–Crippen LogP) is 4.67. The number of aliphatic hydroxyl groups is 1. The van der Waals surface area contributed by atoms with Gasteiger partial charge in [-0.15, -0.1) is 0 Å². The summed E-state index contributed by atoms with van der Waals surface area (Å²) in [5.74, 6) is 1.58. The fraction of sp³-hybridized carbons (Fsp3) is 0.455. The minimum Gasteiger partial charge on any atom is -0.494 e. The van der Waals surface area contributed by atoms with Crippen LogP contribution >= 0.6 is 0 Å². The zero-order valence-corrected chi connectivity index (χ0v) is 15.9. The molecule has 2 unspecified atom stereocenters. The topological polar surface area (TPSA) is 32.7 Å². The van der Waals surface area contributed by atoms with E-state index in [-0.39, 0.29) is 6.04 Å². The van der Waals surface area contributed by atoms with Gasteiger partial charge in [0.15, 0.2) is 0 Å². The van der Waals surface area contributed by atoms with Crippen LogP contribution in [-0.4, -0.2) is 29.7 Å². The number of rotatable bonds is 9. The van der Waals surface area contributed by atoms with Crippen molar-refractivity contribution >= 4 is 0 Å². The molecule has 0 fully saturated rings. The lowest BCUT2D eigenvalue weighted by Gasteiger charge is -2.29. The van der Waals surface area contributed by atoms with Crippen molar-refractivity contribution in [2.45, 2.75) is 45.9 Å². The molecule has 0 aromatic heterocycles. The summed E-state index contributed by atoms with van der Waals surface area (Å²) >= 11 is 0. The lowest BCUT2D eigenvalue weighted by atomic mass is 10.0. The molecule has 1 N–H and O–H groups in total. The summed E-state index contributed by atoms with van der Waals surface area (Å²) in [6, 6.07) is 18.1. The first kappa shape index (κ1) is 19.5. The van der Waals surface area contributed by atoms with E-state index in [4.69, 9.17) is 4.74 Å². The number of benzene rings is 2. The van der Waals surface area contributed by atoms with Crippen molar-refractivity contribution in [1.82, 2.24) is 4.90 Å². The van der Waals surface area contributed by atoms with E-state index in [0.717, 1.165) is 30.9 Å². The fourth-order valence-corrected chi connectivity index (χ4v) is 2.71. The predicted molar refractivity (Wildman–Crippen MR) is 104 cm³/mol. The van der Waals surface area contributed by atoms with E-state index in [2.05, 4.69) is 37.8 Å². The van der Waals surface area contributed by atoms with E-state index >= 15 is 0 Å². The minimum atomic E-state index is -0.496. The van der Waals surface area contributed by atoms with Gasteiger partial charge in [-0.1, -0.05) is 56.3 Å². The van der Waals surface area contributed by atoms with Crippen molar-refractivity contribution in [3.05, 3.63) is 65.7 Å². The maximum atomic E-state index is 10.6. The molecule has 2 rings (SSSR count). The minimum absolute atomic E-state index is 0.0318. The second-order valence-electron chi connectivity index (χ2n) is 7.19. The van der Waals surface area contributed by atoms with E-state index in [9.17, 15) is 5.11 Å². The van der Waals surface area contributed by atoms with Gasteiger partial charge in [-0.25, -0.2) is 0 Å². The van der Waals surface area contributed by atoms with Gasteiger partial charge in [-0.2, -0.15) is 0 Å². The normalized spacial score (nSPS) is 13.9. The Kier molecular flexibility index (Phi) is 7.48. The highest BCUT2D eigenvalue weighted by Gasteiger charge is 2.20. The van der Waals surface area contributed by atoms with Gasteiger partial charge in [0, 0.05) is 12.6 Å². The van der Waals surface area contributed by atoms with Crippen LogP contribution in [0.3, 0.4) is 0 Å². The van der Waals surface area contributed by atoms with Crippen molar-refractivity contribution in [2.75, 3.05) is 13.7 Å². The molecule has 0 spiro atoms. The molecule has 0 saturated carbocycles. The zero-order chi connectivity index (χ0) is 18.2. The third kappa shape index (κ3) is 6.18. The lowest BCUT2D eigenvalue weighted by Crippen LogP contribution is -2.33. The second-order valence-corrected chi connectivity index (χ2v) is 7.19. The molecule has 136 valence electrons. The molecule has 2 aromatic rings. The van der Waals surface area contributed by atoms with E-state index in [1.165, 1.54) is 5.56 Å². The first-order chi connectivity index (χ1) is 12.0. The van der Waals surface area contributed by atoms with Crippen molar-refractivity contribution < 1.29 is 9.84 Å². The van der Waals surface area contributed by atoms with Gasteiger partial charge in [0.2, 0.25) is 0 Å². The molecular weight excluding hydrogens is 310 g/mol. The highest BCUT2D eigenvalue weighted by atomic mass is 16.5. The van der Waals surface area contributed by atoms with E-state index < -0.39 is 6.10 Å². The van der Waals surface area contributed by atoms with Gasteiger partial charge in [0.1, 0.15) is 5.75 Å². The average molecular weight is 341 g/mol. The molecule has 0 bridgehead atoms. The van der Waals surface area contributed by atoms with Crippen LogP contribution < -0.4 is 4.74 Å². The molecule has 0 amide bonds. The number of hydrogen-bond donors (Lipinski definition) is 1. The maximum absolute atomic E-state index is 10.6. The Morgan fingerprint density at radius 2 is 1.60 bits per heavy atom. The molecule has 0 aliphatic carbocycles. The SMILES string of the molecule is CC(C)CCOc1ccc(CN(C)C(C)C(O)c2ccccc2)cc1. The van der Waals surface area contributed by atoms with Crippen LogP contribution in [0.5, 0.6) is 5.75 Å². The van der Waals surface area contributed by atoms with Crippen molar-refractivity contribution in [3.63, 3.8) is 0 Å². The van der Waals surface area contributed by atoms with Gasteiger partial charge < -0.3 is 9.84 Å². The Hall–Kier alpha value is -1.84. The third-order valence-electron chi connectivity index (χ3n) is 4.61. The number of ether oxygens (including phenoxy) is 1. The van der Waals surface area contributed by atoms with E-state index in [0.29, 0.717) is 5.92 Å². The molecule has 2 atom stereocenters. The Labute approximate surface area is 152 Å². The molecule has 0 aliphatic rings. The number of likely N-dealkylation sites (N-methyl/N-ethyl adjacent to an activating group) is 1. The Bertz CT molecular complexity index is 610. The van der Waals surface area contributed by atoms with Crippen molar-refractivity contribution in [2.24, 2.45) is 5.92 Å². The monoisotopic (exact) mass is 341 g/mol. The Morgan fingerprint density at radius 3 is 2.20 bits per heavy atom. The number of aliphatic hydroxyl groups excluding tert-OH is 1. The maximum Gasteiger partial charge on any atom is 0.119 e. The highest BCUT2D eigenvalue weighted by molar-refractivity contribution is 5.27.